The van der Waals surface area contributed by atoms with Gasteiger partial charge in [-0.25, -0.2) is 0 Å². The Morgan fingerprint density at radius 1 is 1.43 bits per heavy atom. The van der Waals surface area contributed by atoms with Crippen LogP contribution in [0, 0.1) is 18.8 Å². The first-order valence-corrected chi connectivity index (χ1v) is 5.94. The van der Waals surface area contributed by atoms with E-state index < -0.39 is 0 Å². The molecule has 1 aliphatic heterocycles. The maximum Gasteiger partial charge on any atom is 0.226 e. The molecule has 1 aromatic heterocycles. The van der Waals surface area contributed by atoms with Crippen molar-refractivity contribution in [3.8, 4) is 0 Å². The lowest BCUT2D eigenvalue weighted by molar-refractivity contribution is -0.136. The molecule has 2 fully saturated rings. The van der Waals surface area contributed by atoms with E-state index in [1.807, 2.05) is 11.3 Å². The molecule has 2 unspecified atom stereocenters. The molecule has 2 atom stereocenters. The maximum absolute atomic E-state index is 11.4. The minimum absolute atomic E-state index is 0.267. The highest BCUT2D eigenvalue weighted by Crippen LogP contribution is 2.48. The molecule has 1 saturated carbocycles. The number of thiophene rings is 1. The Labute approximate surface area is 87.3 Å². The van der Waals surface area contributed by atoms with Crippen molar-refractivity contribution >= 4 is 17.2 Å². The first-order chi connectivity index (χ1) is 6.75. The molecule has 1 N–H and O–H groups in total. The molecule has 74 valence electrons. The summed E-state index contributed by atoms with van der Waals surface area (Å²) in [6.45, 7) is 2.11. The average molecular weight is 207 g/mol. The zero-order chi connectivity index (χ0) is 9.71. The molecule has 14 heavy (non-hydrogen) atoms. The molecule has 3 heteroatoms. The fraction of sp³-hybridized carbons (Fsp3) is 0.545. The van der Waals surface area contributed by atoms with Gasteiger partial charge in [0.25, 0.3) is 0 Å². The van der Waals surface area contributed by atoms with Crippen LogP contribution in [-0.2, 0) is 4.79 Å². The van der Waals surface area contributed by atoms with E-state index >= 15 is 0 Å². The molecular weight excluding hydrogens is 194 g/mol. The Bertz CT molecular complexity index is 380. The van der Waals surface area contributed by atoms with Gasteiger partial charge in [-0.05, 0) is 37.8 Å². The Morgan fingerprint density at radius 2 is 2.21 bits per heavy atom. The minimum atomic E-state index is 0.267. The van der Waals surface area contributed by atoms with Crippen LogP contribution in [0.2, 0.25) is 0 Å². The van der Waals surface area contributed by atoms with Crippen molar-refractivity contribution in [3.63, 3.8) is 0 Å². The summed E-state index contributed by atoms with van der Waals surface area (Å²) >= 11 is 1.81. The number of nitrogens with one attached hydrogen (secondary N) is 1. The number of rotatable bonds is 2. The number of hydrogen-bond acceptors (Lipinski definition) is 2. The highest BCUT2D eigenvalue weighted by atomic mass is 32.1. The van der Waals surface area contributed by atoms with Crippen LogP contribution in [0.3, 0.4) is 0 Å². The highest BCUT2D eigenvalue weighted by molar-refractivity contribution is 7.12. The quantitative estimate of drug-likeness (QED) is 0.740. The third kappa shape index (κ3) is 1.19. The summed E-state index contributed by atoms with van der Waals surface area (Å²) in [5.74, 6) is 1.23. The summed E-state index contributed by atoms with van der Waals surface area (Å²) in [6.07, 6.45) is 2.50. The van der Waals surface area contributed by atoms with Gasteiger partial charge in [-0.1, -0.05) is 0 Å². The number of amides is 1. The normalized spacial score (nSPS) is 31.1. The topological polar surface area (TPSA) is 29.1 Å². The highest BCUT2D eigenvalue weighted by Gasteiger charge is 2.49. The van der Waals surface area contributed by atoms with E-state index in [0.29, 0.717) is 12.0 Å². The third-order valence-electron chi connectivity index (χ3n) is 3.16. The van der Waals surface area contributed by atoms with Crippen LogP contribution in [0.15, 0.2) is 12.1 Å². The second kappa shape index (κ2) is 2.83. The SMILES string of the molecule is Cc1ccc(C2NC(=O)C2C2CC2)s1. The molecule has 2 heterocycles. The molecule has 1 aliphatic carbocycles. The van der Waals surface area contributed by atoms with E-state index in [1.54, 1.807) is 0 Å². The molecule has 0 aromatic carbocycles. The summed E-state index contributed by atoms with van der Waals surface area (Å²) in [6, 6.07) is 4.61. The van der Waals surface area contributed by atoms with Crippen molar-refractivity contribution < 1.29 is 4.79 Å². The zero-order valence-electron chi connectivity index (χ0n) is 8.12. The first-order valence-electron chi connectivity index (χ1n) is 5.12. The second-order valence-corrected chi connectivity index (χ2v) is 5.62. The van der Waals surface area contributed by atoms with Gasteiger partial charge in [-0.15, -0.1) is 11.3 Å². The van der Waals surface area contributed by atoms with Crippen LogP contribution >= 0.6 is 11.3 Å². The number of carbonyl (C=O) groups excluding carboxylic acids is 1. The van der Waals surface area contributed by atoms with E-state index in [9.17, 15) is 4.79 Å². The first kappa shape index (κ1) is 8.48. The monoisotopic (exact) mass is 207 g/mol. The molecule has 1 aromatic rings. The fourth-order valence-electron chi connectivity index (χ4n) is 2.20. The van der Waals surface area contributed by atoms with Crippen LogP contribution in [0.1, 0.15) is 28.6 Å². The van der Waals surface area contributed by atoms with Gasteiger partial charge < -0.3 is 5.32 Å². The fourth-order valence-corrected chi connectivity index (χ4v) is 3.18. The molecule has 0 bridgehead atoms. The Balaban J connectivity index is 1.82. The van der Waals surface area contributed by atoms with E-state index in [0.717, 1.165) is 0 Å². The van der Waals surface area contributed by atoms with Gasteiger partial charge in [0.2, 0.25) is 5.91 Å². The predicted octanol–water partition coefficient (Wildman–Crippen LogP) is 2.25. The summed E-state index contributed by atoms with van der Waals surface area (Å²) in [5.41, 5.74) is 0. The number of β-lactam (4-membered cyclic amide) rings is 1. The third-order valence-corrected chi connectivity index (χ3v) is 4.24. The lowest BCUT2D eigenvalue weighted by atomic mass is 9.85. The van der Waals surface area contributed by atoms with E-state index in [1.165, 1.54) is 22.6 Å². The van der Waals surface area contributed by atoms with Crippen molar-refractivity contribution in [3.05, 3.63) is 21.9 Å². The van der Waals surface area contributed by atoms with Crippen LogP contribution in [-0.4, -0.2) is 5.91 Å². The Morgan fingerprint density at radius 3 is 2.71 bits per heavy atom. The standard InChI is InChI=1S/C11H13NOS/c1-6-2-5-8(14-6)10-9(7-3-4-7)11(13)12-10/h2,5,7,9-10H,3-4H2,1H3,(H,12,13). The molecule has 2 nitrogen and oxygen atoms in total. The van der Waals surface area contributed by atoms with E-state index in [2.05, 4.69) is 24.4 Å². The van der Waals surface area contributed by atoms with Crippen molar-refractivity contribution in [1.29, 1.82) is 0 Å². The minimum Gasteiger partial charge on any atom is -0.347 e. The molecule has 1 amide bonds. The average Bonchev–Trinajstić information content (AvgIpc) is 2.84. The lowest BCUT2D eigenvalue weighted by Crippen LogP contribution is -2.52. The summed E-state index contributed by atoms with van der Waals surface area (Å²) in [4.78, 5) is 14.1. The van der Waals surface area contributed by atoms with Crippen molar-refractivity contribution in [2.75, 3.05) is 0 Å². The summed E-state index contributed by atoms with van der Waals surface area (Å²) < 4.78 is 0. The number of carbonyl (C=O) groups is 1. The van der Waals surface area contributed by atoms with Gasteiger partial charge in [-0.2, -0.15) is 0 Å². The smallest absolute Gasteiger partial charge is 0.226 e. The predicted molar refractivity (Wildman–Crippen MR) is 56.2 cm³/mol. The van der Waals surface area contributed by atoms with Crippen LogP contribution in [0.5, 0.6) is 0 Å². The second-order valence-electron chi connectivity index (χ2n) is 4.30. The van der Waals surface area contributed by atoms with Crippen LogP contribution in [0.25, 0.3) is 0 Å². The molecular formula is C11H13NOS. The molecule has 0 spiro atoms. The van der Waals surface area contributed by atoms with Crippen molar-refractivity contribution in [1.82, 2.24) is 5.32 Å². The van der Waals surface area contributed by atoms with Crippen LogP contribution in [0.4, 0.5) is 0 Å². The van der Waals surface area contributed by atoms with Crippen molar-refractivity contribution in [2.24, 2.45) is 11.8 Å². The maximum atomic E-state index is 11.4. The lowest BCUT2D eigenvalue weighted by Gasteiger charge is -2.36. The van der Waals surface area contributed by atoms with Crippen molar-refractivity contribution in [2.45, 2.75) is 25.8 Å². The van der Waals surface area contributed by atoms with Crippen LogP contribution < -0.4 is 5.32 Å². The molecule has 2 aliphatic rings. The number of hydrogen-bond donors (Lipinski definition) is 1. The largest absolute Gasteiger partial charge is 0.347 e. The zero-order valence-corrected chi connectivity index (χ0v) is 8.93. The van der Waals surface area contributed by atoms with E-state index in [-0.39, 0.29) is 11.8 Å². The molecule has 3 rings (SSSR count). The Kier molecular flexibility index (Phi) is 1.71. The van der Waals surface area contributed by atoms with Gasteiger partial charge >= 0.3 is 0 Å². The van der Waals surface area contributed by atoms with E-state index in [4.69, 9.17) is 0 Å². The van der Waals surface area contributed by atoms with Gasteiger partial charge in [0.1, 0.15) is 0 Å². The summed E-state index contributed by atoms with van der Waals surface area (Å²) in [5, 5.41) is 3.02. The molecule has 0 radical (unpaired) electrons. The van der Waals surface area contributed by atoms with Gasteiger partial charge in [0.05, 0.1) is 12.0 Å². The molecule has 1 saturated heterocycles. The Hall–Kier alpha value is -0.830. The van der Waals surface area contributed by atoms with Gasteiger partial charge in [-0.3, -0.25) is 4.79 Å². The summed E-state index contributed by atoms with van der Waals surface area (Å²) in [7, 11) is 0. The van der Waals surface area contributed by atoms with Gasteiger partial charge in [0.15, 0.2) is 0 Å². The van der Waals surface area contributed by atoms with Gasteiger partial charge in [0, 0.05) is 9.75 Å². The number of aryl methyl sites for hydroxylation is 1.